The van der Waals surface area contributed by atoms with Gasteiger partial charge in [0, 0.05) is 24.7 Å². The van der Waals surface area contributed by atoms with E-state index in [1.165, 1.54) is 0 Å². The Bertz CT molecular complexity index is 422. The van der Waals surface area contributed by atoms with Crippen LogP contribution in [0.2, 0.25) is 0 Å². The normalized spacial score (nSPS) is 20.2. The van der Waals surface area contributed by atoms with E-state index in [0.29, 0.717) is 30.0 Å². The molecule has 0 N–H and O–H groups in total. The first-order valence-electron chi connectivity index (χ1n) is 5.06. The Labute approximate surface area is 99.1 Å². The molecular weight excluding hydrogens is 224 g/mol. The number of carbonyl (C=O) groups excluding carboxylic acids is 2. The van der Waals surface area contributed by atoms with E-state index in [9.17, 15) is 9.59 Å². The van der Waals surface area contributed by atoms with Gasteiger partial charge in [-0.15, -0.1) is 0 Å². The molecule has 0 radical (unpaired) electrons. The number of rotatable bonds is 3. The number of carbonyl (C=O) groups is 2. The molecule has 1 aliphatic heterocycles. The molecule has 1 aliphatic rings. The predicted molar refractivity (Wildman–Crippen MR) is 63.9 cm³/mol. The maximum absolute atomic E-state index is 11.8. The molecule has 0 bridgehead atoms. The monoisotopic (exact) mass is 236 g/mol. The second-order valence-electron chi connectivity index (χ2n) is 3.81. The number of pyridine rings is 1. The zero-order valence-electron chi connectivity index (χ0n) is 8.67. The highest BCUT2D eigenvalue weighted by atomic mass is 32.1. The van der Waals surface area contributed by atoms with Crippen LogP contribution in [0.25, 0.3) is 0 Å². The highest BCUT2D eigenvalue weighted by Gasteiger charge is 2.30. The van der Waals surface area contributed by atoms with Gasteiger partial charge >= 0.3 is 0 Å². The molecule has 1 atom stereocenters. The number of anilines is 1. The van der Waals surface area contributed by atoms with Gasteiger partial charge < -0.3 is 4.90 Å². The molecule has 84 valence electrons. The molecular formula is C11H12N2O2S. The van der Waals surface area contributed by atoms with E-state index in [2.05, 4.69) is 17.6 Å². The van der Waals surface area contributed by atoms with Crippen LogP contribution in [0.5, 0.6) is 0 Å². The summed E-state index contributed by atoms with van der Waals surface area (Å²) in [6.07, 6.45) is 4.35. The van der Waals surface area contributed by atoms with E-state index < -0.39 is 0 Å². The van der Waals surface area contributed by atoms with E-state index in [1.54, 1.807) is 23.4 Å². The fraction of sp³-hybridized carbons (Fsp3) is 0.364. The van der Waals surface area contributed by atoms with E-state index in [0.717, 1.165) is 6.29 Å². The number of thiol groups is 1. The van der Waals surface area contributed by atoms with Crippen LogP contribution in [-0.2, 0) is 4.79 Å². The third kappa shape index (κ3) is 1.95. The van der Waals surface area contributed by atoms with Gasteiger partial charge in [-0.1, -0.05) is 0 Å². The van der Waals surface area contributed by atoms with Gasteiger partial charge in [-0.25, -0.2) is 0 Å². The summed E-state index contributed by atoms with van der Waals surface area (Å²) < 4.78 is 0. The molecule has 2 rings (SSSR count). The van der Waals surface area contributed by atoms with Crippen molar-refractivity contribution in [2.24, 2.45) is 5.92 Å². The fourth-order valence-corrected chi connectivity index (χ4v) is 2.10. The quantitative estimate of drug-likeness (QED) is 0.633. The average molecular weight is 236 g/mol. The molecule has 1 aromatic rings. The minimum atomic E-state index is 0.0372. The zero-order valence-corrected chi connectivity index (χ0v) is 9.56. The molecule has 1 aromatic heterocycles. The largest absolute Gasteiger partial charge is 0.310 e. The molecule has 1 fully saturated rings. The highest BCUT2D eigenvalue weighted by Crippen LogP contribution is 2.26. The molecule has 4 nitrogen and oxygen atoms in total. The van der Waals surface area contributed by atoms with E-state index in [4.69, 9.17) is 0 Å². The van der Waals surface area contributed by atoms with Crippen molar-refractivity contribution < 1.29 is 9.59 Å². The summed E-state index contributed by atoms with van der Waals surface area (Å²) in [6.45, 7) is 0.620. The summed E-state index contributed by atoms with van der Waals surface area (Å²) >= 11 is 4.19. The Morgan fingerprint density at radius 2 is 2.44 bits per heavy atom. The number of aromatic nitrogens is 1. The molecule has 5 heteroatoms. The van der Waals surface area contributed by atoms with Crippen LogP contribution in [-0.4, -0.2) is 29.5 Å². The van der Waals surface area contributed by atoms with Gasteiger partial charge in [0.1, 0.15) is 0 Å². The molecule has 0 aromatic carbocycles. The lowest BCUT2D eigenvalue weighted by atomic mass is 10.1. The molecule has 0 aliphatic carbocycles. The van der Waals surface area contributed by atoms with Gasteiger partial charge in [-0.2, -0.15) is 12.6 Å². The number of aldehydes is 1. The Hall–Kier alpha value is -1.36. The Kier molecular flexibility index (Phi) is 3.24. The van der Waals surface area contributed by atoms with Crippen molar-refractivity contribution in [1.29, 1.82) is 0 Å². The van der Waals surface area contributed by atoms with Crippen LogP contribution in [0.15, 0.2) is 18.5 Å². The molecule has 0 saturated carbocycles. The van der Waals surface area contributed by atoms with Crippen LogP contribution < -0.4 is 4.90 Å². The maximum Gasteiger partial charge on any atom is 0.227 e. The Balaban J connectivity index is 2.31. The molecule has 1 amide bonds. The van der Waals surface area contributed by atoms with Crippen molar-refractivity contribution >= 4 is 30.5 Å². The van der Waals surface area contributed by atoms with E-state index in [1.807, 2.05) is 0 Å². The molecule has 2 heterocycles. The zero-order chi connectivity index (χ0) is 11.5. The lowest BCUT2D eigenvalue weighted by molar-refractivity contribution is -0.117. The summed E-state index contributed by atoms with van der Waals surface area (Å²) in [5.74, 6) is 0.976. The predicted octanol–water partition coefficient (Wildman–Crippen LogP) is 1.18. The summed E-state index contributed by atoms with van der Waals surface area (Å²) in [6, 6.07) is 1.61. The smallest absolute Gasteiger partial charge is 0.227 e. The molecule has 16 heavy (non-hydrogen) atoms. The van der Waals surface area contributed by atoms with Gasteiger partial charge in [0.25, 0.3) is 0 Å². The van der Waals surface area contributed by atoms with Crippen molar-refractivity contribution in [2.75, 3.05) is 17.2 Å². The lowest BCUT2D eigenvalue weighted by Crippen LogP contribution is -2.26. The summed E-state index contributed by atoms with van der Waals surface area (Å²) in [5, 5.41) is 0. The van der Waals surface area contributed by atoms with E-state index >= 15 is 0 Å². The Morgan fingerprint density at radius 3 is 3.06 bits per heavy atom. The standard InChI is InChI=1S/C11H12N2O2S/c14-6-9-1-2-12-4-10(9)13-5-8(7-16)3-11(13)15/h1-2,4,6,8,16H,3,5,7H2. The average Bonchev–Trinajstić information content (AvgIpc) is 2.70. The molecule has 1 saturated heterocycles. The van der Waals surface area contributed by atoms with Crippen molar-refractivity contribution in [1.82, 2.24) is 4.98 Å². The topological polar surface area (TPSA) is 50.3 Å². The van der Waals surface area contributed by atoms with Gasteiger partial charge in [0.15, 0.2) is 6.29 Å². The highest BCUT2D eigenvalue weighted by molar-refractivity contribution is 7.80. The van der Waals surface area contributed by atoms with Crippen LogP contribution in [0.4, 0.5) is 5.69 Å². The van der Waals surface area contributed by atoms with Crippen molar-refractivity contribution in [3.05, 3.63) is 24.0 Å². The van der Waals surface area contributed by atoms with Gasteiger partial charge in [0.2, 0.25) is 5.91 Å². The van der Waals surface area contributed by atoms with Crippen molar-refractivity contribution in [3.63, 3.8) is 0 Å². The van der Waals surface area contributed by atoms with Crippen LogP contribution in [0.1, 0.15) is 16.8 Å². The molecule has 1 unspecified atom stereocenters. The minimum absolute atomic E-state index is 0.0372. The summed E-state index contributed by atoms with van der Waals surface area (Å²) in [4.78, 5) is 28.2. The van der Waals surface area contributed by atoms with Crippen LogP contribution in [0.3, 0.4) is 0 Å². The first-order chi connectivity index (χ1) is 7.76. The SMILES string of the molecule is O=Cc1ccncc1N1CC(CS)CC1=O. The maximum atomic E-state index is 11.8. The lowest BCUT2D eigenvalue weighted by Gasteiger charge is -2.17. The van der Waals surface area contributed by atoms with Gasteiger partial charge in [0.05, 0.1) is 11.9 Å². The first kappa shape index (κ1) is 11.1. The first-order valence-corrected chi connectivity index (χ1v) is 5.70. The number of amides is 1. The Morgan fingerprint density at radius 1 is 1.62 bits per heavy atom. The fourth-order valence-electron chi connectivity index (χ4n) is 1.86. The third-order valence-electron chi connectivity index (χ3n) is 2.71. The van der Waals surface area contributed by atoms with Crippen LogP contribution in [0, 0.1) is 5.92 Å². The van der Waals surface area contributed by atoms with Gasteiger partial charge in [-0.3, -0.25) is 14.6 Å². The van der Waals surface area contributed by atoms with Gasteiger partial charge in [-0.05, 0) is 17.7 Å². The second-order valence-corrected chi connectivity index (χ2v) is 4.17. The minimum Gasteiger partial charge on any atom is -0.310 e. The molecule has 0 spiro atoms. The number of nitrogens with zero attached hydrogens (tertiary/aromatic N) is 2. The number of hydrogen-bond acceptors (Lipinski definition) is 4. The second kappa shape index (κ2) is 4.65. The summed E-state index contributed by atoms with van der Waals surface area (Å²) in [7, 11) is 0. The van der Waals surface area contributed by atoms with Crippen molar-refractivity contribution in [3.8, 4) is 0 Å². The van der Waals surface area contributed by atoms with E-state index in [-0.39, 0.29) is 11.8 Å². The number of hydrogen-bond donors (Lipinski definition) is 1. The third-order valence-corrected chi connectivity index (χ3v) is 3.23. The van der Waals surface area contributed by atoms with Crippen LogP contribution >= 0.6 is 12.6 Å². The van der Waals surface area contributed by atoms with Crippen molar-refractivity contribution in [2.45, 2.75) is 6.42 Å². The summed E-state index contributed by atoms with van der Waals surface area (Å²) in [5.41, 5.74) is 1.11.